The molecule has 1 aromatic carbocycles. The van der Waals surface area contributed by atoms with Gasteiger partial charge in [-0.15, -0.1) is 0 Å². The number of halogens is 1. The van der Waals surface area contributed by atoms with E-state index in [1.165, 1.54) is 0 Å². The lowest BCUT2D eigenvalue weighted by atomic mass is 10.1. The van der Waals surface area contributed by atoms with Gasteiger partial charge in [0, 0.05) is 11.5 Å². The Morgan fingerprint density at radius 1 is 1.60 bits per heavy atom. The van der Waals surface area contributed by atoms with Crippen LogP contribution in [0.1, 0.15) is 11.1 Å². The van der Waals surface area contributed by atoms with Gasteiger partial charge in [-0.1, -0.05) is 28.9 Å². The maximum absolute atomic E-state index is 9.42. The number of phenolic OH excluding ortho intramolecular Hbond substituents is 1. The van der Waals surface area contributed by atoms with Crippen LogP contribution in [0.15, 0.2) is 23.3 Å². The summed E-state index contributed by atoms with van der Waals surface area (Å²) in [6.45, 7) is 2.07. The average Bonchev–Trinajstić information content (AvgIpc) is 2.21. The van der Waals surface area contributed by atoms with Gasteiger partial charge in [0.25, 0.3) is 0 Å². The summed E-state index contributed by atoms with van der Waals surface area (Å²) >= 11 is 5.79. The molecular weight excluding hydrogens is 214 g/mol. The highest BCUT2D eigenvalue weighted by atomic mass is 35.5. The van der Waals surface area contributed by atoms with Crippen molar-refractivity contribution in [1.82, 2.24) is 0 Å². The first-order chi connectivity index (χ1) is 7.15. The molecule has 0 saturated heterocycles. The molecule has 1 N–H and O–H groups in total. The molecule has 0 fully saturated rings. The molecule has 1 aromatic rings. The highest BCUT2D eigenvalue weighted by molar-refractivity contribution is 6.32. The van der Waals surface area contributed by atoms with Crippen LogP contribution in [0.4, 0.5) is 0 Å². The third-order valence-corrected chi connectivity index (χ3v) is 2.13. The summed E-state index contributed by atoms with van der Waals surface area (Å²) in [6.07, 6.45) is 3.51. The lowest BCUT2D eigenvalue weighted by Gasteiger charge is -2.02. The summed E-state index contributed by atoms with van der Waals surface area (Å²) < 4.78 is 0. The summed E-state index contributed by atoms with van der Waals surface area (Å²) in [6, 6.07) is 3.45. The van der Waals surface area contributed by atoms with Crippen LogP contribution in [-0.2, 0) is 0 Å². The molecule has 5 heteroatoms. The van der Waals surface area contributed by atoms with Crippen molar-refractivity contribution in [1.29, 1.82) is 0 Å². The fourth-order valence-corrected chi connectivity index (χ4v) is 1.41. The monoisotopic (exact) mass is 223 g/mol. The van der Waals surface area contributed by atoms with Gasteiger partial charge in [-0.2, -0.15) is 0 Å². The Hall–Kier alpha value is -1.64. The van der Waals surface area contributed by atoms with Crippen molar-refractivity contribution < 1.29 is 5.11 Å². The molecule has 0 amide bonds. The van der Waals surface area contributed by atoms with Crippen LogP contribution in [0.25, 0.3) is 16.5 Å². The summed E-state index contributed by atoms with van der Waals surface area (Å²) in [5, 5.41) is 13.1. The summed E-state index contributed by atoms with van der Waals surface area (Å²) in [5.74, 6) is 0.101. The van der Waals surface area contributed by atoms with Crippen LogP contribution in [0.2, 0.25) is 5.02 Å². The van der Waals surface area contributed by atoms with Crippen LogP contribution in [0.3, 0.4) is 0 Å². The van der Waals surface area contributed by atoms with E-state index < -0.39 is 0 Å². The Kier molecular flexibility index (Phi) is 4.03. The van der Waals surface area contributed by atoms with Crippen molar-refractivity contribution in [3.63, 3.8) is 0 Å². The number of hydrogen-bond donors (Lipinski definition) is 1. The van der Waals surface area contributed by atoms with Crippen LogP contribution in [-0.4, -0.2) is 11.7 Å². The number of rotatable bonds is 3. The van der Waals surface area contributed by atoms with Gasteiger partial charge < -0.3 is 5.11 Å². The minimum Gasteiger partial charge on any atom is -0.506 e. The lowest BCUT2D eigenvalue weighted by molar-refractivity contribution is 0.471. The zero-order valence-electron chi connectivity index (χ0n) is 8.18. The Morgan fingerprint density at radius 2 is 2.33 bits per heavy atom. The summed E-state index contributed by atoms with van der Waals surface area (Å²) in [5.41, 5.74) is 9.64. The van der Waals surface area contributed by atoms with E-state index in [1.807, 2.05) is 0 Å². The highest BCUT2D eigenvalue weighted by Gasteiger charge is 2.02. The number of hydrogen-bond acceptors (Lipinski definition) is 2. The maximum Gasteiger partial charge on any atom is 0.137 e. The second-order valence-electron chi connectivity index (χ2n) is 2.98. The predicted octanol–water partition coefficient (Wildman–Crippen LogP) is 3.68. The summed E-state index contributed by atoms with van der Waals surface area (Å²) in [4.78, 5) is 2.62. The smallest absolute Gasteiger partial charge is 0.137 e. The Balaban J connectivity index is 2.87. The standard InChI is InChI=1S/C10H10ClN3O/c1-7-5-8(3-2-4-13-14-12)6-9(11)10(7)15/h2-3,5-6,15H,4H2,1H3. The molecule has 0 aliphatic carbocycles. The number of aromatic hydroxyl groups is 1. The van der Waals surface area contributed by atoms with Crippen LogP contribution in [0.5, 0.6) is 5.75 Å². The molecule has 0 radical (unpaired) electrons. The van der Waals surface area contributed by atoms with Gasteiger partial charge in [0.1, 0.15) is 5.75 Å². The van der Waals surface area contributed by atoms with E-state index in [0.29, 0.717) is 17.1 Å². The molecule has 0 aliphatic heterocycles. The normalized spacial score (nSPS) is 10.3. The Morgan fingerprint density at radius 3 is 2.93 bits per heavy atom. The van der Waals surface area contributed by atoms with Gasteiger partial charge in [0.15, 0.2) is 0 Å². The molecule has 0 heterocycles. The first-order valence-electron chi connectivity index (χ1n) is 4.31. The fourth-order valence-electron chi connectivity index (χ4n) is 1.13. The van der Waals surface area contributed by atoms with Crippen molar-refractivity contribution in [3.8, 4) is 5.75 Å². The van der Waals surface area contributed by atoms with Gasteiger partial charge in [0.05, 0.1) is 5.02 Å². The van der Waals surface area contributed by atoms with E-state index in [0.717, 1.165) is 5.56 Å². The van der Waals surface area contributed by atoms with E-state index in [4.69, 9.17) is 17.1 Å². The average molecular weight is 224 g/mol. The largest absolute Gasteiger partial charge is 0.506 e. The molecular formula is C10H10ClN3O. The molecule has 0 spiro atoms. The van der Waals surface area contributed by atoms with Crippen molar-refractivity contribution in [2.24, 2.45) is 5.11 Å². The molecule has 15 heavy (non-hydrogen) atoms. The quantitative estimate of drug-likeness (QED) is 0.474. The van der Waals surface area contributed by atoms with E-state index in [9.17, 15) is 5.11 Å². The first-order valence-corrected chi connectivity index (χ1v) is 4.69. The van der Waals surface area contributed by atoms with Gasteiger partial charge >= 0.3 is 0 Å². The third-order valence-electron chi connectivity index (χ3n) is 1.84. The highest BCUT2D eigenvalue weighted by Crippen LogP contribution is 2.28. The minimum atomic E-state index is 0.101. The van der Waals surface area contributed by atoms with Crippen molar-refractivity contribution in [2.75, 3.05) is 6.54 Å². The number of azide groups is 1. The van der Waals surface area contributed by atoms with E-state index in [2.05, 4.69) is 10.0 Å². The number of aryl methyl sites for hydroxylation is 1. The second kappa shape index (κ2) is 5.29. The Bertz CT molecular complexity index is 413. The molecule has 0 unspecified atom stereocenters. The van der Waals surface area contributed by atoms with E-state index in [-0.39, 0.29) is 5.75 Å². The van der Waals surface area contributed by atoms with Crippen LogP contribution in [0, 0.1) is 6.92 Å². The predicted molar refractivity (Wildman–Crippen MR) is 60.9 cm³/mol. The maximum atomic E-state index is 9.42. The number of nitrogens with zero attached hydrogens (tertiary/aromatic N) is 3. The van der Waals surface area contributed by atoms with Crippen molar-refractivity contribution in [3.05, 3.63) is 44.8 Å². The molecule has 4 nitrogen and oxygen atoms in total. The van der Waals surface area contributed by atoms with Gasteiger partial charge in [-0.3, -0.25) is 0 Å². The zero-order valence-corrected chi connectivity index (χ0v) is 8.94. The summed E-state index contributed by atoms with van der Waals surface area (Å²) in [7, 11) is 0. The fraction of sp³-hybridized carbons (Fsp3) is 0.200. The molecule has 1 rings (SSSR count). The van der Waals surface area contributed by atoms with Crippen molar-refractivity contribution >= 4 is 17.7 Å². The first kappa shape index (κ1) is 11.4. The third kappa shape index (κ3) is 3.20. The van der Waals surface area contributed by atoms with Crippen LogP contribution >= 0.6 is 11.6 Å². The molecule has 0 saturated carbocycles. The minimum absolute atomic E-state index is 0.101. The molecule has 78 valence electrons. The number of phenols is 1. The molecule has 0 aliphatic rings. The second-order valence-corrected chi connectivity index (χ2v) is 3.39. The molecule has 0 aromatic heterocycles. The molecule has 0 atom stereocenters. The van der Waals surface area contributed by atoms with Crippen molar-refractivity contribution in [2.45, 2.75) is 6.92 Å². The molecule has 0 bridgehead atoms. The van der Waals surface area contributed by atoms with Gasteiger partial charge in [-0.25, -0.2) is 0 Å². The van der Waals surface area contributed by atoms with Crippen LogP contribution < -0.4 is 0 Å². The van der Waals surface area contributed by atoms with Gasteiger partial charge in [-0.05, 0) is 35.7 Å². The van der Waals surface area contributed by atoms with Gasteiger partial charge in [0.2, 0.25) is 0 Å². The zero-order chi connectivity index (χ0) is 11.3. The van der Waals surface area contributed by atoms with E-state index >= 15 is 0 Å². The van der Waals surface area contributed by atoms with E-state index in [1.54, 1.807) is 31.2 Å². The number of benzene rings is 1. The lowest BCUT2D eigenvalue weighted by Crippen LogP contribution is -1.80. The topological polar surface area (TPSA) is 69.0 Å². The Labute approximate surface area is 92.4 Å². The SMILES string of the molecule is Cc1cc(C=CCN=[N+]=[N-])cc(Cl)c1O.